The number of hydrogen-bond donors (Lipinski definition) is 1. The lowest BCUT2D eigenvalue weighted by Crippen LogP contribution is -2.21. The Morgan fingerprint density at radius 1 is 1.58 bits per heavy atom. The number of rotatable bonds is 3. The third-order valence-corrected chi connectivity index (χ3v) is 2.00. The van der Waals surface area contributed by atoms with Crippen molar-refractivity contribution in [2.45, 2.75) is 33.4 Å². The minimum atomic E-state index is -0.00699. The van der Waals surface area contributed by atoms with Crippen molar-refractivity contribution in [1.82, 2.24) is 14.8 Å². The highest BCUT2D eigenvalue weighted by molar-refractivity contribution is 4.94. The molecule has 0 aliphatic carbocycles. The fourth-order valence-electron chi connectivity index (χ4n) is 1.06. The first kappa shape index (κ1) is 9.19. The predicted molar refractivity (Wildman–Crippen MR) is 47.5 cm³/mol. The second-order valence-electron chi connectivity index (χ2n) is 3.24. The summed E-state index contributed by atoms with van der Waals surface area (Å²) in [6, 6.07) is -0.00699. The van der Waals surface area contributed by atoms with Crippen molar-refractivity contribution >= 4 is 0 Å². The Balaban J connectivity index is 2.86. The lowest BCUT2D eigenvalue weighted by molar-refractivity contribution is 0.468. The molecule has 1 heterocycles. The van der Waals surface area contributed by atoms with E-state index in [1.54, 1.807) is 6.33 Å². The summed E-state index contributed by atoms with van der Waals surface area (Å²) in [7, 11) is 0. The lowest BCUT2D eigenvalue weighted by atomic mass is 10.1. The van der Waals surface area contributed by atoms with Crippen molar-refractivity contribution in [3.05, 3.63) is 12.2 Å². The maximum absolute atomic E-state index is 5.94. The lowest BCUT2D eigenvalue weighted by Gasteiger charge is -2.14. The summed E-state index contributed by atoms with van der Waals surface area (Å²) in [4.78, 5) is 0. The van der Waals surface area contributed by atoms with Crippen LogP contribution in [0.5, 0.6) is 0 Å². The average molecular weight is 168 g/mol. The van der Waals surface area contributed by atoms with E-state index < -0.39 is 0 Å². The highest BCUT2D eigenvalue weighted by atomic mass is 15.3. The van der Waals surface area contributed by atoms with Crippen LogP contribution >= 0.6 is 0 Å². The molecule has 0 fully saturated rings. The van der Waals surface area contributed by atoms with Gasteiger partial charge >= 0.3 is 0 Å². The molecule has 0 aliphatic rings. The van der Waals surface area contributed by atoms with Crippen LogP contribution in [0, 0.1) is 5.92 Å². The van der Waals surface area contributed by atoms with Crippen molar-refractivity contribution in [2.24, 2.45) is 11.7 Å². The minimum Gasteiger partial charge on any atom is -0.321 e. The van der Waals surface area contributed by atoms with Gasteiger partial charge in [0.2, 0.25) is 0 Å². The largest absolute Gasteiger partial charge is 0.321 e. The molecule has 1 atom stereocenters. The highest BCUT2D eigenvalue weighted by Crippen LogP contribution is 2.15. The first-order chi connectivity index (χ1) is 5.66. The van der Waals surface area contributed by atoms with Crippen molar-refractivity contribution < 1.29 is 0 Å². The zero-order valence-corrected chi connectivity index (χ0v) is 7.86. The number of aryl methyl sites for hydroxylation is 1. The Morgan fingerprint density at radius 3 is 2.75 bits per heavy atom. The van der Waals surface area contributed by atoms with Crippen LogP contribution in [0.4, 0.5) is 0 Å². The summed E-state index contributed by atoms with van der Waals surface area (Å²) < 4.78 is 1.98. The molecule has 68 valence electrons. The zero-order valence-electron chi connectivity index (χ0n) is 7.86. The molecule has 1 aromatic heterocycles. The molecule has 0 aliphatic heterocycles. The normalized spacial score (nSPS) is 13.8. The van der Waals surface area contributed by atoms with Crippen LogP contribution in [0.15, 0.2) is 6.33 Å². The van der Waals surface area contributed by atoms with E-state index in [4.69, 9.17) is 5.73 Å². The van der Waals surface area contributed by atoms with Gasteiger partial charge in [0, 0.05) is 6.54 Å². The summed E-state index contributed by atoms with van der Waals surface area (Å²) in [5.41, 5.74) is 5.94. The molecule has 0 saturated carbocycles. The summed E-state index contributed by atoms with van der Waals surface area (Å²) >= 11 is 0. The van der Waals surface area contributed by atoms with E-state index in [-0.39, 0.29) is 6.04 Å². The number of aromatic nitrogens is 3. The number of hydrogen-bond acceptors (Lipinski definition) is 3. The SMILES string of the molecule is CCn1cnnc1[C@@H](N)C(C)C. The molecule has 1 rings (SSSR count). The van der Waals surface area contributed by atoms with Crippen molar-refractivity contribution in [3.63, 3.8) is 0 Å². The number of nitrogens with two attached hydrogens (primary N) is 1. The summed E-state index contributed by atoms with van der Waals surface area (Å²) in [6.45, 7) is 7.10. The Kier molecular flexibility index (Phi) is 2.81. The molecule has 2 N–H and O–H groups in total. The maximum atomic E-state index is 5.94. The third kappa shape index (κ3) is 1.64. The Morgan fingerprint density at radius 2 is 2.25 bits per heavy atom. The molecule has 0 saturated heterocycles. The average Bonchev–Trinajstić information content (AvgIpc) is 2.49. The van der Waals surface area contributed by atoms with E-state index in [0.717, 1.165) is 12.4 Å². The fraction of sp³-hybridized carbons (Fsp3) is 0.750. The molecule has 12 heavy (non-hydrogen) atoms. The monoisotopic (exact) mass is 168 g/mol. The minimum absolute atomic E-state index is 0.00699. The topological polar surface area (TPSA) is 56.7 Å². The van der Waals surface area contributed by atoms with Gasteiger partial charge in [-0.25, -0.2) is 0 Å². The van der Waals surface area contributed by atoms with Gasteiger partial charge in [-0.15, -0.1) is 10.2 Å². The van der Waals surface area contributed by atoms with Crippen LogP contribution in [-0.2, 0) is 6.54 Å². The zero-order chi connectivity index (χ0) is 9.14. The van der Waals surface area contributed by atoms with E-state index >= 15 is 0 Å². The summed E-state index contributed by atoms with van der Waals surface area (Å²) in [5.74, 6) is 1.28. The molecule has 0 bridgehead atoms. The van der Waals surface area contributed by atoms with Gasteiger partial charge in [0.25, 0.3) is 0 Å². The molecule has 0 radical (unpaired) electrons. The van der Waals surface area contributed by atoms with Gasteiger partial charge in [-0.05, 0) is 12.8 Å². The van der Waals surface area contributed by atoms with Gasteiger partial charge in [0.15, 0.2) is 0 Å². The van der Waals surface area contributed by atoms with Gasteiger partial charge < -0.3 is 10.3 Å². The molecule has 1 aromatic rings. The third-order valence-electron chi connectivity index (χ3n) is 2.00. The van der Waals surface area contributed by atoms with Gasteiger partial charge in [-0.1, -0.05) is 13.8 Å². The Bertz CT molecular complexity index is 241. The molecule has 0 spiro atoms. The molecule has 0 aromatic carbocycles. The first-order valence-corrected chi connectivity index (χ1v) is 4.30. The second kappa shape index (κ2) is 3.67. The van der Waals surface area contributed by atoms with Crippen LogP contribution in [0.25, 0.3) is 0 Å². The van der Waals surface area contributed by atoms with Crippen LogP contribution in [0.1, 0.15) is 32.6 Å². The molecular weight excluding hydrogens is 152 g/mol. The second-order valence-corrected chi connectivity index (χ2v) is 3.24. The smallest absolute Gasteiger partial charge is 0.150 e. The highest BCUT2D eigenvalue weighted by Gasteiger charge is 2.15. The molecule has 0 amide bonds. The maximum Gasteiger partial charge on any atom is 0.150 e. The predicted octanol–water partition coefficient (Wildman–Crippen LogP) is 0.954. The van der Waals surface area contributed by atoms with E-state index in [0.29, 0.717) is 5.92 Å². The van der Waals surface area contributed by atoms with Crippen LogP contribution in [0.3, 0.4) is 0 Å². The van der Waals surface area contributed by atoms with Crippen LogP contribution in [0.2, 0.25) is 0 Å². The summed E-state index contributed by atoms with van der Waals surface area (Å²) in [5, 5.41) is 7.83. The van der Waals surface area contributed by atoms with E-state index in [9.17, 15) is 0 Å². The molecular formula is C8H16N4. The first-order valence-electron chi connectivity index (χ1n) is 4.30. The molecule has 4 nitrogen and oxygen atoms in total. The Labute approximate surface area is 72.8 Å². The quantitative estimate of drug-likeness (QED) is 0.731. The van der Waals surface area contributed by atoms with E-state index in [1.165, 1.54) is 0 Å². The van der Waals surface area contributed by atoms with E-state index in [2.05, 4.69) is 31.0 Å². The van der Waals surface area contributed by atoms with E-state index in [1.807, 2.05) is 4.57 Å². The molecule has 4 heteroatoms. The molecule has 0 unspecified atom stereocenters. The number of nitrogens with zero attached hydrogens (tertiary/aromatic N) is 3. The van der Waals surface area contributed by atoms with Crippen molar-refractivity contribution in [1.29, 1.82) is 0 Å². The van der Waals surface area contributed by atoms with Gasteiger partial charge in [-0.2, -0.15) is 0 Å². The van der Waals surface area contributed by atoms with Gasteiger partial charge in [0.1, 0.15) is 12.2 Å². The standard InChI is InChI=1S/C8H16N4/c1-4-12-5-10-11-8(12)7(9)6(2)3/h5-7H,4,9H2,1-3H3/t7-/m0/s1. The fourth-order valence-corrected chi connectivity index (χ4v) is 1.06. The van der Waals surface area contributed by atoms with Gasteiger partial charge in [-0.3, -0.25) is 0 Å². The summed E-state index contributed by atoms with van der Waals surface area (Å²) in [6.07, 6.45) is 1.72. The van der Waals surface area contributed by atoms with Crippen molar-refractivity contribution in [2.75, 3.05) is 0 Å². The van der Waals surface area contributed by atoms with Crippen LogP contribution in [-0.4, -0.2) is 14.8 Å². The van der Waals surface area contributed by atoms with Crippen LogP contribution < -0.4 is 5.73 Å². The van der Waals surface area contributed by atoms with Gasteiger partial charge in [0.05, 0.1) is 6.04 Å². The van der Waals surface area contributed by atoms with Crippen molar-refractivity contribution in [3.8, 4) is 0 Å². The Hall–Kier alpha value is -0.900.